The van der Waals surface area contributed by atoms with Gasteiger partial charge in [-0.3, -0.25) is 4.79 Å². The zero-order chi connectivity index (χ0) is 16.7. The number of thiophene rings is 1. The summed E-state index contributed by atoms with van der Waals surface area (Å²) < 4.78 is 16.7. The molecule has 0 saturated carbocycles. The van der Waals surface area contributed by atoms with Crippen LogP contribution in [0.15, 0.2) is 24.3 Å². The Morgan fingerprint density at radius 1 is 1.46 bits per heavy atom. The highest BCUT2D eigenvalue weighted by atomic mass is 32.1. The van der Waals surface area contributed by atoms with Gasteiger partial charge >= 0.3 is 0 Å². The van der Waals surface area contributed by atoms with E-state index in [9.17, 15) is 9.18 Å². The first-order chi connectivity index (χ1) is 11.7. The molecule has 3 heterocycles. The molecule has 0 radical (unpaired) electrons. The minimum Gasteiger partial charge on any atom is -0.347 e. The number of aromatic nitrogens is 3. The van der Waals surface area contributed by atoms with Crippen LogP contribution >= 0.6 is 11.3 Å². The average molecular weight is 344 g/mol. The fraction of sp³-hybridized carbons (Fsp3) is 0.353. The number of hydrogen-bond donors (Lipinski definition) is 1. The van der Waals surface area contributed by atoms with Gasteiger partial charge in [-0.2, -0.15) is 0 Å². The summed E-state index contributed by atoms with van der Waals surface area (Å²) in [5.41, 5.74) is 0. The summed E-state index contributed by atoms with van der Waals surface area (Å²) in [6.07, 6.45) is 2.47. The molecule has 124 valence electrons. The van der Waals surface area contributed by atoms with Gasteiger partial charge in [-0.1, -0.05) is 13.0 Å². The maximum absolute atomic E-state index is 13.8. The zero-order valence-corrected chi connectivity index (χ0v) is 14.1. The minimum atomic E-state index is -0.290. The average Bonchev–Trinajstić information content (AvgIpc) is 3.19. The third-order valence-corrected chi connectivity index (χ3v) is 5.51. The standard InChI is InChI=1S/C17H17FN4OS/c1-2-15-20-21-16-7-6-10(9-22(15)16)19-17(23)14-8-11-12(18)4-3-5-13(11)24-14/h3-5,8,10H,2,6-7,9H2,1H3,(H,19,23). The Balaban J connectivity index is 1.52. The molecule has 1 unspecified atom stereocenters. The van der Waals surface area contributed by atoms with Gasteiger partial charge in [0.15, 0.2) is 0 Å². The molecule has 1 aliphatic rings. The van der Waals surface area contributed by atoms with Crippen LogP contribution < -0.4 is 5.32 Å². The van der Waals surface area contributed by atoms with Crippen LogP contribution in [0, 0.1) is 5.82 Å². The molecule has 0 bridgehead atoms. The molecule has 0 aliphatic carbocycles. The van der Waals surface area contributed by atoms with Crippen molar-refractivity contribution in [3.63, 3.8) is 0 Å². The van der Waals surface area contributed by atoms with E-state index in [1.54, 1.807) is 12.1 Å². The lowest BCUT2D eigenvalue weighted by Crippen LogP contribution is -2.41. The van der Waals surface area contributed by atoms with Gasteiger partial charge in [-0.15, -0.1) is 21.5 Å². The molecule has 24 heavy (non-hydrogen) atoms. The predicted molar refractivity (Wildman–Crippen MR) is 90.8 cm³/mol. The number of nitrogens with zero attached hydrogens (tertiary/aromatic N) is 3. The Kier molecular flexibility index (Phi) is 3.80. The molecule has 1 amide bonds. The second-order valence-corrected chi connectivity index (χ2v) is 7.05. The summed E-state index contributed by atoms with van der Waals surface area (Å²) in [7, 11) is 0. The van der Waals surface area contributed by atoms with Crippen molar-refractivity contribution in [1.82, 2.24) is 20.1 Å². The Morgan fingerprint density at radius 3 is 3.12 bits per heavy atom. The zero-order valence-electron chi connectivity index (χ0n) is 13.3. The lowest BCUT2D eigenvalue weighted by atomic mass is 10.1. The van der Waals surface area contributed by atoms with Crippen molar-refractivity contribution in [3.05, 3.63) is 46.6 Å². The van der Waals surface area contributed by atoms with Gasteiger partial charge in [0.1, 0.15) is 17.5 Å². The molecule has 5 nitrogen and oxygen atoms in total. The van der Waals surface area contributed by atoms with Crippen LogP contribution in [-0.2, 0) is 19.4 Å². The van der Waals surface area contributed by atoms with Crippen LogP contribution in [0.2, 0.25) is 0 Å². The molecule has 0 saturated heterocycles. The Labute approximate surface area is 142 Å². The summed E-state index contributed by atoms with van der Waals surface area (Å²) in [4.78, 5) is 13.1. The van der Waals surface area contributed by atoms with E-state index in [0.29, 0.717) is 16.8 Å². The second-order valence-electron chi connectivity index (χ2n) is 5.97. The van der Waals surface area contributed by atoms with E-state index in [2.05, 4.69) is 20.1 Å². The largest absolute Gasteiger partial charge is 0.347 e. The maximum atomic E-state index is 13.8. The van der Waals surface area contributed by atoms with Crippen molar-refractivity contribution in [2.24, 2.45) is 0 Å². The van der Waals surface area contributed by atoms with Gasteiger partial charge < -0.3 is 9.88 Å². The molecular formula is C17H17FN4OS. The number of halogens is 1. The van der Waals surface area contributed by atoms with E-state index in [4.69, 9.17) is 0 Å². The SMILES string of the molecule is CCc1nnc2n1CC(NC(=O)c1cc3c(F)cccc3s1)CC2. The van der Waals surface area contributed by atoms with Crippen molar-refractivity contribution in [3.8, 4) is 0 Å². The number of nitrogens with one attached hydrogen (secondary N) is 1. The summed E-state index contributed by atoms with van der Waals surface area (Å²) >= 11 is 1.32. The quantitative estimate of drug-likeness (QED) is 0.795. The molecule has 7 heteroatoms. The van der Waals surface area contributed by atoms with Gasteiger partial charge in [0, 0.05) is 35.5 Å². The third-order valence-electron chi connectivity index (χ3n) is 4.41. The number of carbonyl (C=O) groups is 1. The van der Waals surface area contributed by atoms with Gasteiger partial charge in [0.2, 0.25) is 0 Å². The second kappa shape index (κ2) is 5.98. The van der Waals surface area contributed by atoms with E-state index < -0.39 is 0 Å². The molecule has 2 aromatic heterocycles. The summed E-state index contributed by atoms with van der Waals surface area (Å²) in [6.45, 7) is 2.74. The normalized spacial score (nSPS) is 17.0. The Bertz CT molecular complexity index is 903. The third kappa shape index (κ3) is 2.58. The first-order valence-corrected chi connectivity index (χ1v) is 8.87. The lowest BCUT2D eigenvalue weighted by molar-refractivity contribution is 0.0931. The molecule has 1 aromatic carbocycles. The number of rotatable bonds is 3. The highest BCUT2D eigenvalue weighted by Gasteiger charge is 2.24. The van der Waals surface area contributed by atoms with Gasteiger partial charge in [0.25, 0.3) is 5.91 Å². The van der Waals surface area contributed by atoms with E-state index in [-0.39, 0.29) is 17.8 Å². The van der Waals surface area contributed by atoms with Crippen molar-refractivity contribution in [2.45, 2.75) is 38.8 Å². The lowest BCUT2D eigenvalue weighted by Gasteiger charge is -2.25. The van der Waals surface area contributed by atoms with E-state index >= 15 is 0 Å². The van der Waals surface area contributed by atoms with Crippen molar-refractivity contribution >= 4 is 27.3 Å². The molecule has 1 atom stereocenters. The number of benzene rings is 1. The molecule has 1 N–H and O–H groups in total. The fourth-order valence-electron chi connectivity index (χ4n) is 3.16. The monoisotopic (exact) mass is 344 g/mol. The van der Waals surface area contributed by atoms with Gasteiger partial charge in [0.05, 0.1) is 4.88 Å². The molecule has 0 fully saturated rings. The number of amides is 1. The summed E-state index contributed by atoms with van der Waals surface area (Å²) in [6, 6.07) is 6.59. The predicted octanol–water partition coefficient (Wildman–Crippen LogP) is 2.94. The number of aryl methyl sites for hydroxylation is 2. The molecule has 0 spiro atoms. The molecule has 1 aliphatic heterocycles. The van der Waals surface area contributed by atoms with Crippen molar-refractivity contribution in [2.75, 3.05) is 0 Å². The van der Waals surface area contributed by atoms with Crippen LogP contribution in [0.25, 0.3) is 10.1 Å². The van der Waals surface area contributed by atoms with Crippen LogP contribution in [0.1, 0.15) is 34.7 Å². The number of carbonyl (C=O) groups excluding carboxylic acids is 1. The van der Waals surface area contributed by atoms with Gasteiger partial charge in [-0.25, -0.2) is 4.39 Å². The Morgan fingerprint density at radius 2 is 2.33 bits per heavy atom. The minimum absolute atomic E-state index is 0.0429. The van der Waals surface area contributed by atoms with Crippen LogP contribution in [0.5, 0.6) is 0 Å². The highest BCUT2D eigenvalue weighted by molar-refractivity contribution is 7.20. The van der Waals surface area contributed by atoms with Crippen LogP contribution in [0.3, 0.4) is 0 Å². The molecule has 4 rings (SSSR count). The van der Waals surface area contributed by atoms with Crippen molar-refractivity contribution < 1.29 is 9.18 Å². The van der Waals surface area contributed by atoms with E-state index in [1.807, 2.05) is 13.0 Å². The molecule has 3 aromatic rings. The highest BCUT2D eigenvalue weighted by Crippen LogP contribution is 2.28. The van der Waals surface area contributed by atoms with Crippen LogP contribution in [-0.4, -0.2) is 26.7 Å². The fourth-order valence-corrected chi connectivity index (χ4v) is 4.13. The Hall–Kier alpha value is -2.28. The summed E-state index contributed by atoms with van der Waals surface area (Å²) in [5, 5.41) is 12.0. The van der Waals surface area contributed by atoms with E-state index in [1.165, 1.54) is 17.4 Å². The molecular weight excluding hydrogens is 327 g/mol. The van der Waals surface area contributed by atoms with Crippen LogP contribution in [0.4, 0.5) is 4.39 Å². The number of hydrogen-bond acceptors (Lipinski definition) is 4. The maximum Gasteiger partial charge on any atom is 0.261 e. The number of fused-ring (bicyclic) bond motifs is 2. The first-order valence-electron chi connectivity index (χ1n) is 8.05. The summed E-state index contributed by atoms with van der Waals surface area (Å²) in [5.74, 6) is 1.51. The van der Waals surface area contributed by atoms with E-state index in [0.717, 1.165) is 35.6 Å². The smallest absolute Gasteiger partial charge is 0.261 e. The topological polar surface area (TPSA) is 59.8 Å². The first kappa shape index (κ1) is 15.3. The van der Waals surface area contributed by atoms with Gasteiger partial charge in [-0.05, 0) is 24.6 Å². The van der Waals surface area contributed by atoms with Crippen molar-refractivity contribution in [1.29, 1.82) is 0 Å².